The number of hydrogen-bond acceptors (Lipinski definition) is 3. The maximum absolute atomic E-state index is 13.0. The average molecular weight is 382 g/mol. The molecule has 142 valence electrons. The summed E-state index contributed by atoms with van der Waals surface area (Å²) >= 11 is 0. The fourth-order valence-electron chi connectivity index (χ4n) is 2.09. The number of halogens is 4. The third kappa shape index (κ3) is 6.91. The minimum absolute atomic E-state index is 0. The topological polar surface area (TPSA) is 84.2 Å². The van der Waals surface area contributed by atoms with Crippen molar-refractivity contribution in [2.45, 2.75) is 39.0 Å². The second kappa shape index (κ2) is 9.62. The van der Waals surface area contributed by atoms with E-state index in [0.29, 0.717) is 0 Å². The molecule has 1 aromatic rings. The molecule has 1 unspecified atom stereocenters. The molecule has 0 aliphatic rings. The highest BCUT2D eigenvalue weighted by Crippen LogP contribution is 2.34. The molecule has 0 spiro atoms. The van der Waals surface area contributed by atoms with Crippen molar-refractivity contribution in [2.24, 2.45) is 11.7 Å². The van der Waals surface area contributed by atoms with Gasteiger partial charge in [0.05, 0.1) is 24.2 Å². The van der Waals surface area contributed by atoms with E-state index in [9.17, 15) is 22.8 Å². The van der Waals surface area contributed by atoms with Crippen LogP contribution in [0, 0.1) is 5.92 Å². The van der Waals surface area contributed by atoms with Gasteiger partial charge in [0, 0.05) is 0 Å². The molecule has 2 atom stereocenters. The van der Waals surface area contributed by atoms with Crippen LogP contribution < -0.4 is 16.4 Å². The SMILES string of the molecule is CC(NC(=O)CNC(=O)[C@@H](N)C(C)C)c1ccccc1C(F)(F)F.Cl. The van der Waals surface area contributed by atoms with Gasteiger partial charge < -0.3 is 16.4 Å². The molecule has 0 aromatic heterocycles. The van der Waals surface area contributed by atoms with Gasteiger partial charge in [-0.05, 0) is 24.5 Å². The van der Waals surface area contributed by atoms with Crippen LogP contribution in [0.5, 0.6) is 0 Å². The first-order valence-electron chi connectivity index (χ1n) is 7.52. The van der Waals surface area contributed by atoms with Gasteiger partial charge in [-0.3, -0.25) is 9.59 Å². The van der Waals surface area contributed by atoms with Crippen molar-refractivity contribution in [1.82, 2.24) is 10.6 Å². The van der Waals surface area contributed by atoms with Crippen molar-refractivity contribution in [3.63, 3.8) is 0 Å². The Morgan fingerprint density at radius 3 is 2.24 bits per heavy atom. The van der Waals surface area contributed by atoms with Gasteiger partial charge in [0.25, 0.3) is 0 Å². The fourth-order valence-corrected chi connectivity index (χ4v) is 2.09. The van der Waals surface area contributed by atoms with Crippen LogP contribution in [-0.2, 0) is 15.8 Å². The van der Waals surface area contributed by atoms with Gasteiger partial charge in [-0.15, -0.1) is 12.4 Å². The average Bonchev–Trinajstić information content (AvgIpc) is 2.50. The number of rotatable bonds is 6. The summed E-state index contributed by atoms with van der Waals surface area (Å²) in [7, 11) is 0. The van der Waals surface area contributed by atoms with Crippen molar-refractivity contribution < 1.29 is 22.8 Å². The van der Waals surface area contributed by atoms with Gasteiger partial charge in [-0.2, -0.15) is 13.2 Å². The first-order chi connectivity index (χ1) is 11.0. The molecule has 5 nitrogen and oxygen atoms in total. The molecule has 0 saturated carbocycles. The number of hydrogen-bond donors (Lipinski definition) is 3. The van der Waals surface area contributed by atoms with E-state index in [4.69, 9.17) is 5.73 Å². The van der Waals surface area contributed by atoms with Crippen LogP contribution in [0.1, 0.15) is 37.9 Å². The van der Waals surface area contributed by atoms with Crippen molar-refractivity contribution >= 4 is 24.2 Å². The predicted molar refractivity (Wildman–Crippen MR) is 91.1 cm³/mol. The fraction of sp³-hybridized carbons (Fsp3) is 0.500. The summed E-state index contributed by atoms with van der Waals surface area (Å²) in [6, 6.07) is 3.42. The molecule has 0 fully saturated rings. The van der Waals surface area contributed by atoms with Crippen LogP contribution in [0.4, 0.5) is 13.2 Å². The standard InChI is InChI=1S/C16H22F3N3O2.ClH/c1-9(2)14(20)15(24)21-8-13(23)22-10(3)11-6-4-5-7-12(11)16(17,18)19;/h4-7,9-10,14H,8,20H2,1-3H3,(H,21,24)(H,22,23);1H/t10?,14-;/m0./s1. The maximum atomic E-state index is 13.0. The molecule has 4 N–H and O–H groups in total. The summed E-state index contributed by atoms with van der Waals surface area (Å²) in [6.45, 7) is 4.63. The number of amides is 2. The highest BCUT2D eigenvalue weighted by Gasteiger charge is 2.34. The van der Waals surface area contributed by atoms with Crippen LogP contribution in [0.3, 0.4) is 0 Å². The van der Waals surface area contributed by atoms with Gasteiger partial charge in [0.1, 0.15) is 0 Å². The summed E-state index contributed by atoms with van der Waals surface area (Å²) in [5, 5.41) is 4.80. The summed E-state index contributed by atoms with van der Waals surface area (Å²) < 4.78 is 38.9. The molecule has 2 amide bonds. The Kier molecular flexibility index (Phi) is 8.93. The minimum Gasteiger partial charge on any atom is -0.348 e. The maximum Gasteiger partial charge on any atom is 0.416 e. The number of alkyl halides is 3. The third-order valence-corrected chi connectivity index (χ3v) is 3.55. The lowest BCUT2D eigenvalue weighted by Gasteiger charge is -2.20. The zero-order chi connectivity index (χ0) is 18.5. The van der Waals surface area contributed by atoms with E-state index in [-0.39, 0.29) is 30.4 Å². The Morgan fingerprint density at radius 2 is 1.72 bits per heavy atom. The van der Waals surface area contributed by atoms with Crippen LogP contribution in [0.15, 0.2) is 24.3 Å². The zero-order valence-electron chi connectivity index (χ0n) is 14.2. The number of nitrogens with two attached hydrogens (primary N) is 1. The molecular weight excluding hydrogens is 359 g/mol. The van der Waals surface area contributed by atoms with E-state index in [1.165, 1.54) is 25.1 Å². The Labute approximate surface area is 150 Å². The largest absolute Gasteiger partial charge is 0.416 e. The van der Waals surface area contributed by atoms with Crippen molar-refractivity contribution in [3.8, 4) is 0 Å². The number of carbonyl (C=O) groups excluding carboxylic acids is 2. The Morgan fingerprint density at radius 1 is 1.16 bits per heavy atom. The number of nitrogens with one attached hydrogen (secondary N) is 2. The second-order valence-electron chi connectivity index (χ2n) is 5.86. The first-order valence-corrected chi connectivity index (χ1v) is 7.52. The van der Waals surface area contributed by atoms with Crippen molar-refractivity contribution in [3.05, 3.63) is 35.4 Å². The molecule has 0 radical (unpaired) electrons. The van der Waals surface area contributed by atoms with Gasteiger partial charge in [0.2, 0.25) is 11.8 Å². The number of benzene rings is 1. The quantitative estimate of drug-likeness (QED) is 0.707. The molecule has 25 heavy (non-hydrogen) atoms. The van der Waals surface area contributed by atoms with Gasteiger partial charge in [-0.1, -0.05) is 32.0 Å². The van der Waals surface area contributed by atoms with E-state index in [1.807, 2.05) is 0 Å². The molecule has 9 heteroatoms. The predicted octanol–water partition coefficient (Wildman–Crippen LogP) is 2.40. The molecule has 0 aliphatic heterocycles. The highest BCUT2D eigenvalue weighted by atomic mass is 35.5. The van der Waals surface area contributed by atoms with Crippen LogP contribution in [-0.4, -0.2) is 24.4 Å². The van der Waals surface area contributed by atoms with Gasteiger partial charge >= 0.3 is 6.18 Å². The molecule has 0 bridgehead atoms. The lowest BCUT2D eigenvalue weighted by molar-refractivity contribution is -0.138. The van der Waals surface area contributed by atoms with E-state index in [2.05, 4.69) is 10.6 Å². The lowest BCUT2D eigenvalue weighted by atomic mass is 10.0. The van der Waals surface area contributed by atoms with E-state index >= 15 is 0 Å². The van der Waals surface area contributed by atoms with Crippen LogP contribution >= 0.6 is 12.4 Å². The van der Waals surface area contributed by atoms with E-state index < -0.39 is 35.6 Å². The highest BCUT2D eigenvalue weighted by molar-refractivity contribution is 5.87. The second-order valence-corrected chi connectivity index (χ2v) is 5.86. The van der Waals surface area contributed by atoms with E-state index in [0.717, 1.165) is 6.07 Å². The summed E-state index contributed by atoms with van der Waals surface area (Å²) in [5.74, 6) is -1.17. The van der Waals surface area contributed by atoms with Gasteiger partial charge in [-0.25, -0.2) is 0 Å². The van der Waals surface area contributed by atoms with Crippen LogP contribution in [0.25, 0.3) is 0 Å². The Hall–Kier alpha value is -1.80. The minimum atomic E-state index is -4.51. The molecule has 0 heterocycles. The molecule has 0 aliphatic carbocycles. The van der Waals surface area contributed by atoms with E-state index in [1.54, 1.807) is 13.8 Å². The third-order valence-electron chi connectivity index (χ3n) is 3.55. The summed E-state index contributed by atoms with van der Waals surface area (Å²) in [4.78, 5) is 23.5. The number of carbonyl (C=O) groups is 2. The Balaban J connectivity index is 0.00000576. The lowest BCUT2D eigenvalue weighted by Crippen LogP contribution is -2.47. The first kappa shape index (κ1) is 23.2. The van der Waals surface area contributed by atoms with Gasteiger partial charge in [0.15, 0.2) is 0 Å². The zero-order valence-corrected chi connectivity index (χ0v) is 15.0. The molecule has 1 aromatic carbocycles. The summed E-state index contributed by atoms with van der Waals surface area (Å²) in [5.41, 5.74) is 4.80. The summed E-state index contributed by atoms with van der Waals surface area (Å²) in [6.07, 6.45) is -4.51. The monoisotopic (exact) mass is 381 g/mol. The van der Waals surface area contributed by atoms with Crippen molar-refractivity contribution in [2.75, 3.05) is 6.54 Å². The smallest absolute Gasteiger partial charge is 0.348 e. The molecule has 0 saturated heterocycles. The Bertz CT molecular complexity index is 594. The molecular formula is C16H23ClF3N3O2. The van der Waals surface area contributed by atoms with Crippen LogP contribution in [0.2, 0.25) is 0 Å². The normalized spacial score (nSPS) is 13.6. The van der Waals surface area contributed by atoms with Crippen molar-refractivity contribution in [1.29, 1.82) is 0 Å². The molecule has 1 rings (SSSR count).